The van der Waals surface area contributed by atoms with Crippen molar-refractivity contribution in [2.45, 2.75) is 32.7 Å². The molecule has 9 heteroatoms. The van der Waals surface area contributed by atoms with E-state index in [1.54, 1.807) is 13.8 Å². The molecule has 26 heavy (non-hydrogen) atoms. The summed E-state index contributed by atoms with van der Waals surface area (Å²) in [4.78, 5) is 60.2. The molecule has 0 aromatic heterocycles. The highest BCUT2D eigenvalue weighted by Gasteiger charge is 2.47. The average molecular weight is 365 g/mol. The van der Waals surface area contributed by atoms with E-state index in [9.17, 15) is 24.0 Å². The van der Waals surface area contributed by atoms with Gasteiger partial charge < -0.3 is 15.4 Å². The lowest BCUT2D eigenvalue weighted by atomic mass is 9.85. The number of rotatable bonds is 7. The molecule has 0 unspecified atom stereocenters. The number of imide groups is 1. The van der Waals surface area contributed by atoms with Crippen LogP contribution in [0.5, 0.6) is 0 Å². The minimum atomic E-state index is -0.847. The number of esters is 1. The SMILES string of the molecule is CC(C)NC(=O)CNC(=O)COC(=O)CN1C(=O)[C@@H]2CC=CC[C@H]2C1=O. The van der Waals surface area contributed by atoms with Gasteiger partial charge in [-0.3, -0.25) is 28.9 Å². The largest absolute Gasteiger partial charge is 0.454 e. The van der Waals surface area contributed by atoms with Crippen molar-refractivity contribution in [2.24, 2.45) is 11.8 Å². The fraction of sp³-hybridized carbons (Fsp3) is 0.588. The molecule has 4 amide bonds. The molecular weight excluding hydrogens is 342 g/mol. The molecule has 0 saturated carbocycles. The van der Waals surface area contributed by atoms with Crippen molar-refractivity contribution in [2.75, 3.05) is 19.7 Å². The summed E-state index contributed by atoms with van der Waals surface area (Å²) in [5.41, 5.74) is 0. The Hall–Kier alpha value is -2.71. The number of amides is 4. The zero-order chi connectivity index (χ0) is 19.3. The number of fused-ring (bicyclic) bond motifs is 1. The molecule has 1 fully saturated rings. The summed E-state index contributed by atoms with van der Waals surface area (Å²) in [6, 6.07) is -0.0494. The maximum Gasteiger partial charge on any atom is 0.326 e. The van der Waals surface area contributed by atoms with E-state index in [2.05, 4.69) is 10.6 Å². The van der Waals surface area contributed by atoms with Gasteiger partial charge in [0.2, 0.25) is 17.7 Å². The smallest absolute Gasteiger partial charge is 0.326 e. The van der Waals surface area contributed by atoms with Crippen LogP contribution in [0.25, 0.3) is 0 Å². The summed E-state index contributed by atoms with van der Waals surface area (Å²) in [7, 11) is 0. The summed E-state index contributed by atoms with van der Waals surface area (Å²) < 4.78 is 4.78. The first-order valence-electron chi connectivity index (χ1n) is 8.51. The number of nitrogens with zero attached hydrogens (tertiary/aromatic N) is 1. The number of carbonyl (C=O) groups excluding carboxylic acids is 5. The Kier molecular flexibility index (Phi) is 6.48. The molecule has 2 N–H and O–H groups in total. The van der Waals surface area contributed by atoms with Gasteiger partial charge in [-0.1, -0.05) is 12.2 Å². The van der Waals surface area contributed by atoms with Crippen LogP contribution in [0.4, 0.5) is 0 Å². The van der Waals surface area contributed by atoms with Gasteiger partial charge in [0.25, 0.3) is 5.91 Å². The van der Waals surface area contributed by atoms with Gasteiger partial charge in [-0.15, -0.1) is 0 Å². The molecule has 0 aromatic rings. The molecule has 0 aromatic carbocycles. The van der Waals surface area contributed by atoms with E-state index < -0.39 is 36.9 Å². The third-order valence-electron chi connectivity index (χ3n) is 4.15. The highest BCUT2D eigenvalue weighted by atomic mass is 16.5. The Labute approximate surface area is 151 Å². The van der Waals surface area contributed by atoms with Crippen LogP contribution in [-0.4, -0.2) is 60.2 Å². The third-order valence-corrected chi connectivity index (χ3v) is 4.15. The van der Waals surface area contributed by atoms with Gasteiger partial charge in [0.1, 0.15) is 6.54 Å². The van der Waals surface area contributed by atoms with E-state index in [1.807, 2.05) is 12.2 Å². The number of hydrogen-bond acceptors (Lipinski definition) is 6. The van der Waals surface area contributed by atoms with Crippen LogP contribution in [0.15, 0.2) is 12.2 Å². The predicted molar refractivity (Wildman–Crippen MR) is 89.3 cm³/mol. The van der Waals surface area contributed by atoms with Crippen molar-refractivity contribution in [3.8, 4) is 0 Å². The summed E-state index contributed by atoms with van der Waals surface area (Å²) in [6.07, 6.45) is 4.69. The Bertz CT molecular complexity index is 616. The van der Waals surface area contributed by atoms with Crippen molar-refractivity contribution >= 4 is 29.6 Å². The number of allylic oxidation sites excluding steroid dienone is 2. The van der Waals surface area contributed by atoms with Crippen molar-refractivity contribution < 1.29 is 28.7 Å². The minimum Gasteiger partial charge on any atom is -0.454 e. The second-order valence-corrected chi connectivity index (χ2v) is 6.58. The molecule has 142 valence electrons. The van der Waals surface area contributed by atoms with Crippen LogP contribution in [0.3, 0.4) is 0 Å². The molecule has 1 saturated heterocycles. The molecule has 0 bridgehead atoms. The zero-order valence-corrected chi connectivity index (χ0v) is 14.8. The Morgan fingerprint density at radius 1 is 1.12 bits per heavy atom. The van der Waals surface area contributed by atoms with Crippen LogP contribution < -0.4 is 10.6 Å². The first-order valence-corrected chi connectivity index (χ1v) is 8.51. The van der Waals surface area contributed by atoms with Crippen LogP contribution >= 0.6 is 0 Å². The fourth-order valence-corrected chi connectivity index (χ4v) is 2.95. The first kappa shape index (κ1) is 19.6. The predicted octanol–water partition coefficient (Wildman–Crippen LogP) is -0.878. The average Bonchev–Trinajstić information content (AvgIpc) is 2.83. The lowest BCUT2D eigenvalue weighted by Crippen LogP contribution is -2.42. The number of hydrogen-bond donors (Lipinski definition) is 2. The molecule has 1 aliphatic carbocycles. The molecule has 2 aliphatic rings. The second-order valence-electron chi connectivity index (χ2n) is 6.58. The van der Waals surface area contributed by atoms with Crippen LogP contribution in [0.1, 0.15) is 26.7 Å². The van der Waals surface area contributed by atoms with Gasteiger partial charge in [0.15, 0.2) is 6.61 Å². The van der Waals surface area contributed by atoms with Crippen molar-refractivity contribution in [3.05, 3.63) is 12.2 Å². The summed E-state index contributed by atoms with van der Waals surface area (Å²) in [5, 5.41) is 4.91. The van der Waals surface area contributed by atoms with E-state index in [0.29, 0.717) is 12.8 Å². The summed E-state index contributed by atoms with van der Waals surface area (Å²) >= 11 is 0. The number of ether oxygens (including phenoxy) is 1. The summed E-state index contributed by atoms with van der Waals surface area (Å²) in [6.45, 7) is 2.25. The highest BCUT2D eigenvalue weighted by Crippen LogP contribution is 2.34. The van der Waals surface area contributed by atoms with Crippen molar-refractivity contribution in [1.82, 2.24) is 15.5 Å². The standard InChI is InChI=1S/C17H23N3O6/c1-10(2)19-13(21)7-18-14(22)9-26-15(23)8-20-16(24)11-5-3-4-6-12(11)17(20)25/h3-4,10-12H,5-9H2,1-2H3,(H,18,22)(H,19,21)/t11-,12-/m1/s1. The molecule has 0 radical (unpaired) electrons. The number of likely N-dealkylation sites (tertiary alicyclic amines) is 1. The molecule has 2 rings (SSSR count). The van der Waals surface area contributed by atoms with Crippen molar-refractivity contribution in [1.29, 1.82) is 0 Å². The number of nitrogens with one attached hydrogen (secondary N) is 2. The van der Waals surface area contributed by atoms with Gasteiger partial charge in [-0.25, -0.2) is 0 Å². The minimum absolute atomic E-state index is 0.0494. The molecule has 1 heterocycles. The Balaban J connectivity index is 1.73. The van der Waals surface area contributed by atoms with Crippen LogP contribution in [0.2, 0.25) is 0 Å². The quantitative estimate of drug-likeness (QED) is 0.343. The number of carbonyl (C=O) groups is 5. The van der Waals surface area contributed by atoms with E-state index in [4.69, 9.17) is 4.74 Å². The monoisotopic (exact) mass is 365 g/mol. The van der Waals surface area contributed by atoms with E-state index >= 15 is 0 Å². The highest BCUT2D eigenvalue weighted by molar-refractivity contribution is 6.07. The lowest BCUT2D eigenvalue weighted by molar-refractivity contribution is -0.155. The van der Waals surface area contributed by atoms with Crippen molar-refractivity contribution in [3.63, 3.8) is 0 Å². The van der Waals surface area contributed by atoms with Gasteiger partial charge in [-0.05, 0) is 26.7 Å². The fourth-order valence-electron chi connectivity index (χ4n) is 2.95. The van der Waals surface area contributed by atoms with E-state index in [0.717, 1.165) is 4.90 Å². The molecule has 9 nitrogen and oxygen atoms in total. The van der Waals surface area contributed by atoms with Gasteiger partial charge >= 0.3 is 5.97 Å². The normalized spacial score (nSPS) is 21.6. The third kappa shape index (κ3) is 4.90. The topological polar surface area (TPSA) is 122 Å². The molecular formula is C17H23N3O6. The molecule has 1 aliphatic heterocycles. The summed E-state index contributed by atoms with van der Waals surface area (Å²) in [5.74, 6) is -3.43. The first-order chi connectivity index (χ1) is 12.3. The van der Waals surface area contributed by atoms with E-state index in [-0.39, 0.29) is 30.3 Å². The Morgan fingerprint density at radius 2 is 1.69 bits per heavy atom. The van der Waals surface area contributed by atoms with Gasteiger partial charge in [-0.2, -0.15) is 0 Å². The molecule has 2 atom stereocenters. The van der Waals surface area contributed by atoms with Crippen LogP contribution in [-0.2, 0) is 28.7 Å². The second kappa shape index (κ2) is 8.59. The maximum absolute atomic E-state index is 12.2. The molecule has 0 spiro atoms. The van der Waals surface area contributed by atoms with E-state index in [1.165, 1.54) is 0 Å². The lowest BCUT2D eigenvalue weighted by Gasteiger charge is -2.14. The van der Waals surface area contributed by atoms with Gasteiger partial charge in [0.05, 0.1) is 18.4 Å². The van der Waals surface area contributed by atoms with Crippen LogP contribution in [0, 0.1) is 11.8 Å². The maximum atomic E-state index is 12.2. The zero-order valence-electron chi connectivity index (χ0n) is 14.8. The Morgan fingerprint density at radius 3 is 2.23 bits per heavy atom. The van der Waals surface area contributed by atoms with Gasteiger partial charge in [0, 0.05) is 6.04 Å².